The van der Waals surface area contributed by atoms with Gasteiger partial charge < -0.3 is 0 Å². The van der Waals surface area contributed by atoms with Crippen LogP contribution in [0.25, 0.3) is 0 Å². The lowest BCUT2D eigenvalue weighted by atomic mass is 10.7. The Hall–Kier alpha value is -1.41. The molecule has 0 aromatic carbocycles. The third-order valence-corrected chi connectivity index (χ3v) is 3.89. The molecule has 0 radical (unpaired) electrons. The molecular weight excluding hydrogens is 236 g/mol. The third kappa shape index (κ3) is 2.16. The highest BCUT2D eigenvalue weighted by Crippen LogP contribution is 2.20. The number of nitrogens with one attached hydrogen (secondary N) is 2. The molecule has 80 valence electrons. The second kappa shape index (κ2) is 3.63. The van der Waals surface area contributed by atoms with E-state index in [1.54, 1.807) is 6.20 Å². The van der Waals surface area contributed by atoms with Crippen LogP contribution in [-0.2, 0) is 10.0 Å². The molecule has 0 atom stereocenters. The minimum atomic E-state index is -3.55. The Morgan fingerprint density at radius 3 is 2.80 bits per heavy atom. The van der Waals surface area contributed by atoms with Gasteiger partial charge in [-0.05, 0) is 6.92 Å². The van der Waals surface area contributed by atoms with Gasteiger partial charge in [-0.1, -0.05) is 0 Å². The molecule has 6 nitrogen and oxygen atoms in total. The van der Waals surface area contributed by atoms with Gasteiger partial charge >= 0.3 is 0 Å². The fraction of sp³-hybridized carbons (Fsp3) is 0.143. The lowest BCUT2D eigenvalue weighted by Crippen LogP contribution is -2.11. The van der Waals surface area contributed by atoms with Crippen molar-refractivity contribution < 1.29 is 8.42 Å². The first-order valence-electron chi connectivity index (χ1n) is 4.02. The Bertz CT molecular complexity index is 543. The van der Waals surface area contributed by atoms with Gasteiger partial charge in [0.05, 0.1) is 6.20 Å². The number of hydrogen-bond donors (Lipinski definition) is 2. The molecule has 0 bridgehead atoms. The summed E-state index contributed by atoms with van der Waals surface area (Å²) in [6.45, 7) is 1.85. The van der Waals surface area contributed by atoms with Crippen LogP contribution in [0.15, 0.2) is 23.5 Å². The third-order valence-electron chi connectivity index (χ3n) is 1.63. The van der Waals surface area contributed by atoms with E-state index < -0.39 is 10.0 Å². The molecule has 0 aliphatic rings. The van der Waals surface area contributed by atoms with Crippen LogP contribution >= 0.6 is 11.3 Å². The Morgan fingerprint density at radius 1 is 1.47 bits per heavy atom. The van der Waals surface area contributed by atoms with Gasteiger partial charge in [0.2, 0.25) is 0 Å². The van der Waals surface area contributed by atoms with Crippen LogP contribution in [0.5, 0.6) is 0 Å². The number of aromatic nitrogens is 3. The maximum Gasteiger partial charge on any atom is 0.266 e. The predicted octanol–water partition coefficient (Wildman–Crippen LogP) is 0.975. The Labute approximate surface area is 90.4 Å². The molecule has 2 heterocycles. The van der Waals surface area contributed by atoms with Crippen molar-refractivity contribution >= 4 is 26.5 Å². The highest BCUT2D eigenvalue weighted by atomic mass is 32.2. The summed E-state index contributed by atoms with van der Waals surface area (Å²) in [5, 5.41) is 6.37. The molecule has 0 aliphatic heterocycles. The van der Waals surface area contributed by atoms with E-state index in [2.05, 4.69) is 19.9 Å². The summed E-state index contributed by atoms with van der Waals surface area (Å²) >= 11 is 1.28. The summed E-state index contributed by atoms with van der Waals surface area (Å²) in [7, 11) is -3.55. The first kappa shape index (κ1) is 10.1. The summed E-state index contributed by atoms with van der Waals surface area (Å²) in [5.74, 6) is 0. The van der Waals surface area contributed by atoms with Gasteiger partial charge in [0.25, 0.3) is 10.0 Å². The maximum atomic E-state index is 11.7. The SMILES string of the molecule is Cc1cnc(NS(=O)(=O)c2cn[nH]c2)s1. The molecule has 0 saturated carbocycles. The number of thiazole rings is 1. The normalized spacial score (nSPS) is 11.5. The lowest BCUT2D eigenvalue weighted by Gasteiger charge is -2.00. The topological polar surface area (TPSA) is 87.7 Å². The zero-order valence-electron chi connectivity index (χ0n) is 7.76. The van der Waals surface area contributed by atoms with Crippen LogP contribution in [0.3, 0.4) is 0 Å². The summed E-state index contributed by atoms with van der Waals surface area (Å²) < 4.78 is 25.7. The molecule has 2 N–H and O–H groups in total. The average Bonchev–Trinajstić information content (AvgIpc) is 2.75. The van der Waals surface area contributed by atoms with E-state index in [9.17, 15) is 8.42 Å². The number of H-pyrrole nitrogens is 1. The second-order valence-corrected chi connectivity index (χ2v) is 5.73. The largest absolute Gasteiger partial charge is 0.284 e. The average molecular weight is 244 g/mol. The number of aromatic amines is 1. The van der Waals surface area contributed by atoms with Crippen LogP contribution < -0.4 is 4.72 Å². The van der Waals surface area contributed by atoms with Crippen molar-refractivity contribution in [2.24, 2.45) is 0 Å². The van der Waals surface area contributed by atoms with Gasteiger partial charge in [-0.25, -0.2) is 13.4 Å². The van der Waals surface area contributed by atoms with Crippen LogP contribution in [0.1, 0.15) is 4.88 Å². The van der Waals surface area contributed by atoms with Crippen molar-refractivity contribution in [3.05, 3.63) is 23.5 Å². The number of nitrogens with zero attached hydrogens (tertiary/aromatic N) is 2. The highest BCUT2D eigenvalue weighted by molar-refractivity contribution is 7.93. The Balaban J connectivity index is 2.26. The van der Waals surface area contributed by atoms with E-state index in [4.69, 9.17) is 0 Å². The predicted molar refractivity (Wildman–Crippen MR) is 56.2 cm³/mol. The quantitative estimate of drug-likeness (QED) is 0.842. The molecule has 2 aromatic rings. The van der Waals surface area contributed by atoms with Crippen LogP contribution in [0.2, 0.25) is 0 Å². The van der Waals surface area contributed by atoms with E-state index in [-0.39, 0.29) is 4.90 Å². The second-order valence-electron chi connectivity index (χ2n) is 2.82. The molecule has 0 unspecified atom stereocenters. The minimum absolute atomic E-state index is 0.0929. The highest BCUT2D eigenvalue weighted by Gasteiger charge is 2.16. The first-order chi connectivity index (χ1) is 7.08. The van der Waals surface area contributed by atoms with Crippen molar-refractivity contribution in [2.75, 3.05) is 4.72 Å². The number of hydrogen-bond acceptors (Lipinski definition) is 5. The zero-order chi connectivity index (χ0) is 10.9. The molecule has 2 aromatic heterocycles. The lowest BCUT2D eigenvalue weighted by molar-refractivity contribution is 0.601. The summed E-state index contributed by atoms with van der Waals surface area (Å²) in [5.41, 5.74) is 0. The minimum Gasteiger partial charge on any atom is -0.284 e. The van der Waals surface area contributed by atoms with Crippen molar-refractivity contribution in [1.29, 1.82) is 0 Å². The smallest absolute Gasteiger partial charge is 0.266 e. The van der Waals surface area contributed by atoms with Crippen LogP contribution in [0, 0.1) is 6.92 Å². The van der Waals surface area contributed by atoms with Crippen molar-refractivity contribution in [2.45, 2.75) is 11.8 Å². The summed E-state index contributed by atoms with van der Waals surface area (Å²) in [6, 6.07) is 0. The Kier molecular flexibility index (Phi) is 2.45. The molecule has 2 rings (SSSR count). The molecule has 15 heavy (non-hydrogen) atoms. The van der Waals surface area contributed by atoms with E-state index in [1.807, 2.05) is 6.92 Å². The van der Waals surface area contributed by atoms with Gasteiger partial charge in [0, 0.05) is 17.3 Å². The van der Waals surface area contributed by atoms with Crippen molar-refractivity contribution in [3.63, 3.8) is 0 Å². The van der Waals surface area contributed by atoms with Crippen LogP contribution in [0.4, 0.5) is 5.13 Å². The van der Waals surface area contributed by atoms with E-state index >= 15 is 0 Å². The van der Waals surface area contributed by atoms with Gasteiger partial charge in [-0.2, -0.15) is 5.10 Å². The number of sulfonamides is 1. The molecule has 8 heteroatoms. The van der Waals surface area contributed by atoms with E-state index in [1.165, 1.54) is 23.7 Å². The van der Waals surface area contributed by atoms with Crippen molar-refractivity contribution in [1.82, 2.24) is 15.2 Å². The van der Waals surface area contributed by atoms with Crippen LogP contribution in [-0.4, -0.2) is 23.6 Å². The zero-order valence-corrected chi connectivity index (χ0v) is 9.39. The van der Waals surface area contributed by atoms with Crippen molar-refractivity contribution in [3.8, 4) is 0 Å². The monoisotopic (exact) mass is 244 g/mol. The van der Waals surface area contributed by atoms with Gasteiger partial charge in [0.1, 0.15) is 4.90 Å². The number of anilines is 1. The molecule has 0 aliphatic carbocycles. The first-order valence-corrected chi connectivity index (χ1v) is 6.32. The standard InChI is InChI=1S/C7H8N4O2S2/c1-5-2-8-7(14-5)11-15(12,13)6-3-9-10-4-6/h2-4H,1H3,(H,8,11)(H,9,10). The maximum absolute atomic E-state index is 11.7. The molecule has 0 fully saturated rings. The summed E-state index contributed by atoms with van der Waals surface area (Å²) in [6.07, 6.45) is 4.16. The molecule has 0 saturated heterocycles. The van der Waals surface area contributed by atoms with E-state index in [0.717, 1.165) is 4.88 Å². The fourth-order valence-electron chi connectivity index (χ4n) is 0.962. The summed E-state index contributed by atoms with van der Waals surface area (Å²) in [4.78, 5) is 4.95. The van der Waals surface area contributed by atoms with Gasteiger partial charge in [-0.3, -0.25) is 9.82 Å². The molecular formula is C7H8N4O2S2. The fourth-order valence-corrected chi connectivity index (χ4v) is 2.77. The Morgan fingerprint density at radius 2 is 2.27 bits per heavy atom. The number of aryl methyl sites for hydroxylation is 1. The van der Waals surface area contributed by atoms with Gasteiger partial charge in [0.15, 0.2) is 5.13 Å². The van der Waals surface area contributed by atoms with E-state index in [0.29, 0.717) is 5.13 Å². The molecule has 0 spiro atoms. The molecule has 0 amide bonds. The number of rotatable bonds is 3. The van der Waals surface area contributed by atoms with Gasteiger partial charge in [-0.15, -0.1) is 11.3 Å².